The minimum absolute atomic E-state index is 0.0105. The molecule has 0 spiro atoms. The topological polar surface area (TPSA) is 54.5 Å². The third-order valence-electron chi connectivity index (χ3n) is 7.84. The minimum Gasteiger partial charge on any atom is -0.302 e. The van der Waals surface area contributed by atoms with E-state index in [4.69, 9.17) is 0 Å². The van der Waals surface area contributed by atoms with Crippen molar-refractivity contribution in [3.8, 4) is 0 Å². The monoisotopic (exact) mass is 385 g/mol. The number of aldehydes is 1. The smallest absolute Gasteiger partial charge is 0.235 e. The Labute approximate surface area is 169 Å². The Hall–Kier alpha value is -2.75. The molecule has 2 aromatic rings. The van der Waals surface area contributed by atoms with E-state index in [0.29, 0.717) is 0 Å². The van der Waals surface area contributed by atoms with E-state index < -0.39 is 17.3 Å². The molecule has 4 aliphatic carbocycles. The number of carbonyl (C=O) groups excluding carboxylic acids is 3. The van der Waals surface area contributed by atoms with Crippen molar-refractivity contribution in [3.05, 3.63) is 70.8 Å². The molecule has 2 bridgehead atoms. The van der Waals surface area contributed by atoms with E-state index in [-0.39, 0.29) is 23.8 Å². The second kappa shape index (κ2) is 5.88. The fraction of sp³-hybridized carbons (Fsp3) is 0.400. The summed E-state index contributed by atoms with van der Waals surface area (Å²) < 4.78 is 0. The van der Waals surface area contributed by atoms with Crippen LogP contribution in [0.25, 0.3) is 0 Å². The lowest BCUT2D eigenvalue weighted by Gasteiger charge is -2.51. The van der Waals surface area contributed by atoms with Gasteiger partial charge in [-0.2, -0.15) is 0 Å². The Morgan fingerprint density at radius 3 is 2.00 bits per heavy atom. The molecule has 29 heavy (non-hydrogen) atoms. The SMILES string of the molecule is O=CC12c3ccccc3C(c3ccccc31)[C@@H]1C(=O)N(C3CCCCC3)C(=O)[C@@H]12. The van der Waals surface area contributed by atoms with E-state index >= 15 is 0 Å². The minimum atomic E-state index is -1.07. The molecule has 2 aromatic carbocycles. The van der Waals surface area contributed by atoms with Crippen molar-refractivity contribution in [1.29, 1.82) is 0 Å². The van der Waals surface area contributed by atoms with E-state index in [1.807, 2.05) is 48.5 Å². The summed E-state index contributed by atoms with van der Waals surface area (Å²) >= 11 is 0. The van der Waals surface area contributed by atoms with E-state index in [9.17, 15) is 14.4 Å². The molecule has 0 N–H and O–H groups in total. The van der Waals surface area contributed by atoms with Gasteiger partial charge in [-0.1, -0.05) is 67.8 Å². The van der Waals surface area contributed by atoms with Crippen molar-refractivity contribution in [2.75, 3.05) is 0 Å². The van der Waals surface area contributed by atoms with Gasteiger partial charge in [0.1, 0.15) is 6.29 Å². The molecule has 1 aliphatic heterocycles. The van der Waals surface area contributed by atoms with Crippen LogP contribution in [0.1, 0.15) is 60.3 Å². The first-order valence-corrected chi connectivity index (χ1v) is 10.7. The van der Waals surface area contributed by atoms with Gasteiger partial charge in [0.25, 0.3) is 0 Å². The number of carbonyl (C=O) groups is 3. The first kappa shape index (κ1) is 17.1. The Morgan fingerprint density at radius 2 is 1.41 bits per heavy atom. The maximum atomic E-state index is 13.8. The summed E-state index contributed by atoms with van der Waals surface area (Å²) in [5, 5.41) is 0. The second-order valence-corrected chi connectivity index (χ2v) is 8.98. The van der Waals surface area contributed by atoms with E-state index in [2.05, 4.69) is 0 Å². The van der Waals surface area contributed by atoms with Gasteiger partial charge >= 0.3 is 0 Å². The van der Waals surface area contributed by atoms with Gasteiger partial charge in [-0.3, -0.25) is 14.5 Å². The van der Waals surface area contributed by atoms with E-state index in [1.54, 1.807) is 4.90 Å². The van der Waals surface area contributed by atoms with E-state index in [1.165, 1.54) is 0 Å². The fourth-order valence-electron chi connectivity index (χ4n) is 6.75. The highest BCUT2D eigenvalue weighted by molar-refractivity contribution is 6.11. The van der Waals surface area contributed by atoms with Crippen LogP contribution in [-0.4, -0.2) is 29.0 Å². The Kier molecular flexibility index (Phi) is 3.48. The molecule has 0 aromatic heterocycles. The Morgan fingerprint density at radius 1 is 0.828 bits per heavy atom. The first-order valence-electron chi connectivity index (χ1n) is 10.7. The summed E-state index contributed by atoms with van der Waals surface area (Å²) in [7, 11) is 0. The number of benzene rings is 2. The number of imide groups is 1. The highest BCUT2D eigenvalue weighted by Crippen LogP contribution is 2.63. The normalized spacial score (nSPS) is 32.7. The highest BCUT2D eigenvalue weighted by Gasteiger charge is 2.68. The summed E-state index contributed by atoms with van der Waals surface area (Å²) in [6.07, 6.45) is 6.00. The molecule has 7 rings (SSSR count). The van der Waals surface area contributed by atoms with Crippen molar-refractivity contribution < 1.29 is 14.4 Å². The van der Waals surface area contributed by atoms with Gasteiger partial charge in [-0.25, -0.2) is 0 Å². The summed E-state index contributed by atoms with van der Waals surface area (Å²) in [5.41, 5.74) is 2.82. The number of rotatable bonds is 2. The van der Waals surface area contributed by atoms with Crippen LogP contribution in [0.3, 0.4) is 0 Å². The van der Waals surface area contributed by atoms with Gasteiger partial charge in [0.2, 0.25) is 11.8 Å². The lowest BCUT2D eigenvalue weighted by Crippen LogP contribution is -2.54. The molecule has 1 saturated carbocycles. The lowest BCUT2D eigenvalue weighted by molar-refractivity contribution is -0.144. The predicted molar refractivity (Wildman–Crippen MR) is 107 cm³/mol. The largest absolute Gasteiger partial charge is 0.302 e. The molecule has 146 valence electrons. The van der Waals surface area contributed by atoms with Crippen LogP contribution in [-0.2, 0) is 19.8 Å². The molecular weight excluding hydrogens is 362 g/mol. The van der Waals surface area contributed by atoms with Crippen molar-refractivity contribution in [3.63, 3.8) is 0 Å². The van der Waals surface area contributed by atoms with Crippen LogP contribution in [0.15, 0.2) is 48.5 Å². The average Bonchev–Trinajstić information content (AvgIpc) is 3.05. The molecule has 2 atom stereocenters. The van der Waals surface area contributed by atoms with Crippen LogP contribution in [0.4, 0.5) is 0 Å². The first-order chi connectivity index (χ1) is 14.2. The van der Waals surface area contributed by atoms with Gasteiger partial charge in [-0.15, -0.1) is 0 Å². The van der Waals surface area contributed by atoms with Gasteiger partial charge in [0, 0.05) is 12.0 Å². The zero-order chi connectivity index (χ0) is 19.8. The number of hydrogen-bond acceptors (Lipinski definition) is 3. The molecule has 2 fully saturated rings. The summed E-state index contributed by atoms with van der Waals surface area (Å²) in [4.78, 5) is 41.9. The zero-order valence-corrected chi connectivity index (χ0v) is 16.2. The Balaban J connectivity index is 1.61. The third-order valence-corrected chi connectivity index (χ3v) is 7.84. The molecule has 0 unspecified atom stereocenters. The van der Waals surface area contributed by atoms with Crippen molar-refractivity contribution in [1.82, 2.24) is 4.90 Å². The second-order valence-electron chi connectivity index (χ2n) is 8.98. The Bertz CT molecular complexity index is 1000. The van der Waals surface area contributed by atoms with E-state index in [0.717, 1.165) is 60.6 Å². The van der Waals surface area contributed by atoms with Gasteiger partial charge < -0.3 is 4.79 Å². The predicted octanol–water partition coefficient (Wildman–Crippen LogP) is 3.56. The van der Waals surface area contributed by atoms with Crippen molar-refractivity contribution in [2.24, 2.45) is 11.8 Å². The summed E-state index contributed by atoms with van der Waals surface area (Å²) in [6, 6.07) is 15.8. The fourth-order valence-corrected chi connectivity index (χ4v) is 6.75. The molecular formula is C25H23NO3. The number of amides is 2. The quantitative estimate of drug-likeness (QED) is 0.587. The lowest BCUT2D eigenvalue weighted by atomic mass is 9.48. The maximum absolute atomic E-state index is 13.8. The number of hydrogen-bond donors (Lipinski definition) is 0. The van der Waals surface area contributed by atoms with Crippen LogP contribution >= 0.6 is 0 Å². The average molecular weight is 385 g/mol. The van der Waals surface area contributed by atoms with Crippen LogP contribution in [0.2, 0.25) is 0 Å². The van der Waals surface area contributed by atoms with Crippen LogP contribution < -0.4 is 0 Å². The van der Waals surface area contributed by atoms with Crippen molar-refractivity contribution in [2.45, 2.75) is 49.5 Å². The maximum Gasteiger partial charge on any atom is 0.235 e. The molecule has 2 amide bonds. The van der Waals surface area contributed by atoms with Crippen LogP contribution in [0.5, 0.6) is 0 Å². The van der Waals surface area contributed by atoms with Gasteiger partial charge in [0.15, 0.2) is 0 Å². The van der Waals surface area contributed by atoms with Crippen LogP contribution in [0, 0.1) is 11.8 Å². The molecule has 4 heteroatoms. The summed E-state index contributed by atoms with van der Waals surface area (Å²) in [6.45, 7) is 0. The van der Waals surface area contributed by atoms with Crippen molar-refractivity contribution >= 4 is 18.1 Å². The molecule has 1 heterocycles. The molecule has 1 saturated heterocycles. The number of likely N-dealkylation sites (tertiary alicyclic amines) is 1. The van der Waals surface area contributed by atoms with Gasteiger partial charge in [-0.05, 0) is 35.1 Å². The number of nitrogens with zero attached hydrogens (tertiary/aromatic N) is 1. The molecule has 5 aliphatic rings. The molecule has 4 nitrogen and oxygen atoms in total. The molecule has 0 radical (unpaired) electrons. The summed E-state index contributed by atoms with van der Waals surface area (Å²) in [5.74, 6) is -1.44. The van der Waals surface area contributed by atoms with Gasteiger partial charge in [0.05, 0.1) is 17.3 Å². The third kappa shape index (κ3) is 1.92. The standard InChI is InChI=1S/C25H23NO3/c27-14-25-18-12-6-4-10-16(18)20(17-11-5-7-13-19(17)25)21-22(25)24(29)26(23(21)28)15-8-2-1-3-9-15/h4-7,10-15,20-22H,1-3,8-9H2/t20?,21-,22+,25?/m0/s1. The zero-order valence-electron chi connectivity index (χ0n) is 16.2. The highest BCUT2D eigenvalue weighted by atomic mass is 16.2.